The number of nitro benzene ring substituents is 1. The van der Waals surface area contributed by atoms with Crippen LogP contribution < -0.4 is 5.32 Å². The lowest BCUT2D eigenvalue weighted by Gasteiger charge is -2.08. The van der Waals surface area contributed by atoms with Crippen LogP contribution in [0.15, 0.2) is 42.5 Å². The number of carbonyl (C=O) groups excluding carboxylic acids is 2. The lowest BCUT2D eigenvalue weighted by atomic mass is 10.1. The van der Waals surface area contributed by atoms with Gasteiger partial charge in [0.25, 0.3) is 11.6 Å². The fourth-order valence-electron chi connectivity index (χ4n) is 1.94. The summed E-state index contributed by atoms with van der Waals surface area (Å²) >= 11 is 5.64. The minimum absolute atomic E-state index is 0.0571. The van der Waals surface area contributed by atoms with Gasteiger partial charge in [0.1, 0.15) is 5.02 Å². The van der Waals surface area contributed by atoms with Crippen molar-refractivity contribution in [3.05, 3.63) is 68.7 Å². The SMILES string of the molecule is O=C(COC(=O)c1ccc(C(F)(F)F)cc1)Nc1ccc(Cl)c([N+](=O)[O-])c1. The standard InChI is InChI=1S/C16H10ClF3N2O5/c17-12-6-5-11(7-13(12)22(25)26)21-14(23)8-27-15(24)9-1-3-10(4-2-9)16(18,19)20/h1-7H,8H2,(H,21,23). The number of anilines is 1. The van der Waals surface area contributed by atoms with Gasteiger partial charge in [-0.3, -0.25) is 14.9 Å². The van der Waals surface area contributed by atoms with Crippen molar-refractivity contribution in [2.24, 2.45) is 0 Å². The van der Waals surface area contributed by atoms with Crippen LogP contribution in [-0.4, -0.2) is 23.4 Å². The molecule has 1 amide bonds. The van der Waals surface area contributed by atoms with Gasteiger partial charge in [0.05, 0.1) is 16.1 Å². The highest BCUT2D eigenvalue weighted by atomic mass is 35.5. The van der Waals surface area contributed by atoms with Crippen molar-refractivity contribution < 1.29 is 32.4 Å². The number of hydrogen-bond donors (Lipinski definition) is 1. The summed E-state index contributed by atoms with van der Waals surface area (Å²) in [5.74, 6) is -1.80. The van der Waals surface area contributed by atoms with Crippen LogP contribution in [0.2, 0.25) is 5.02 Å². The molecule has 11 heteroatoms. The van der Waals surface area contributed by atoms with Gasteiger partial charge in [0.15, 0.2) is 6.61 Å². The fourth-order valence-corrected chi connectivity index (χ4v) is 2.12. The summed E-state index contributed by atoms with van der Waals surface area (Å²) in [4.78, 5) is 33.6. The number of ether oxygens (including phenoxy) is 1. The van der Waals surface area contributed by atoms with Gasteiger partial charge in [-0.25, -0.2) is 4.79 Å². The van der Waals surface area contributed by atoms with E-state index in [4.69, 9.17) is 16.3 Å². The molecule has 27 heavy (non-hydrogen) atoms. The average Bonchev–Trinajstić information content (AvgIpc) is 2.60. The topological polar surface area (TPSA) is 98.5 Å². The average molecular weight is 403 g/mol. The van der Waals surface area contributed by atoms with E-state index in [1.54, 1.807) is 0 Å². The summed E-state index contributed by atoms with van der Waals surface area (Å²) in [7, 11) is 0. The Bertz CT molecular complexity index is 885. The van der Waals surface area contributed by atoms with Crippen LogP contribution in [0.4, 0.5) is 24.5 Å². The minimum atomic E-state index is -4.54. The third kappa shape index (κ3) is 5.42. The lowest BCUT2D eigenvalue weighted by Crippen LogP contribution is -2.21. The van der Waals surface area contributed by atoms with Crippen LogP contribution in [-0.2, 0) is 15.7 Å². The zero-order valence-electron chi connectivity index (χ0n) is 13.2. The van der Waals surface area contributed by atoms with Gasteiger partial charge < -0.3 is 10.1 Å². The van der Waals surface area contributed by atoms with E-state index in [9.17, 15) is 32.9 Å². The minimum Gasteiger partial charge on any atom is -0.452 e. The fraction of sp³-hybridized carbons (Fsp3) is 0.125. The molecule has 0 spiro atoms. The van der Waals surface area contributed by atoms with Crippen LogP contribution in [0.5, 0.6) is 0 Å². The monoisotopic (exact) mass is 402 g/mol. The normalized spacial score (nSPS) is 11.0. The molecule has 7 nitrogen and oxygen atoms in total. The van der Waals surface area contributed by atoms with E-state index in [0.29, 0.717) is 12.1 Å². The molecule has 0 aliphatic rings. The van der Waals surface area contributed by atoms with Crippen LogP contribution in [0.3, 0.4) is 0 Å². The molecular weight excluding hydrogens is 393 g/mol. The maximum Gasteiger partial charge on any atom is 0.416 e. The van der Waals surface area contributed by atoms with Gasteiger partial charge >= 0.3 is 12.1 Å². The number of esters is 1. The first-order chi connectivity index (χ1) is 12.6. The molecule has 0 unspecified atom stereocenters. The van der Waals surface area contributed by atoms with Crippen molar-refractivity contribution in [2.45, 2.75) is 6.18 Å². The third-order valence-corrected chi connectivity index (χ3v) is 3.53. The Hall–Kier alpha value is -3.14. The summed E-state index contributed by atoms with van der Waals surface area (Å²) in [6.45, 7) is -0.740. The molecule has 0 fully saturated rings. The smallest absolute Gasteiger partial charge is 0.416 e. The Kier molecular flexibility index (Phi) is 6.01. The van der Waals surface area contributed by atoms with Crippen molar-refractivity contribution in [1.82, 2.24) is 0 Å². The molecule has 0 saturated heterocycles. The molecule has 0 atom stereocenters. The van der Waals surface area contributed by atoms with Crippen LogP contribution in [0, 0.1) is 10.1 Å². The summed E-state index contributed by atoms with van der Waals surface area (Å²) in [6, 6.07) is 6.82. The molecule has 0 aliphatic heterocycles. The summed E-state index contributed by atoms with van der Waals surface area (Å²) in [5, 5.41) is 12.9. The number of hydrogen-bond acceptors (Lipinski definition) is 5. The van der Waals surface area contributed by atoms with E-state index in [2.05, 4.69) is 5.32 Å². The Morgan fingerprint density at radius 2 is 1.78 bits per heavy atom. The Labute approximate surface area is 154 Å². The van der Waals surface area contributed by atoms with E-state index in [1.807, 2.05) is 0 Å². The van der Waals surface area contributed by atoms with Crippen LogP contribution >= 0.6 is 11.6 Å². The lowest BCUT2D eigenvalue weighted by molar-refractivity contribution is -0.384. The Balaban J connectivity index is 1.94. The van der Waals surface area contributed by atoms with Crippen LogP contribution in [0.25, 0.3) is 0 Å². The van der Waals surface area contributed by atoms with Crippen molar-refractivity contribution in [3.63, 3.8) is 0 Å². The van der Waals surface area contributed by atoms with E-state index < -0.39 is 40.8 Å². The number of nitro groups is 1. The predicted octanol–water partition coefficient (Wildman–Crippen LogP) is 4.06. The van der Waals surface area contributed by atoms with Gasteiger partial charge in [-0.15, -0.1) is 0 Å². The van der Waals surface area contributed by atoms with E-state index in [-0.39, 0.29) is 16.3 Å². The maximum atomic E-state index is 12.5. The zero-order chi connectivity index (χ0) is 20.2. The van der Waals surface area contributed by atoms with E-state index >= 15 is 0 Å². The molecule has 0 saturated carbocycles. The summed E-state index contributed by atoms with van der Waals surface area (Å²) in [6.07, 6.45) is -4.54. The number of amides is 1. The highest BCUT2D eigenvalue weighted by Gasteiger charge is 2.30. The van der Waals surface area contributed by atoms with Crippen molar-refractivity contribution in [3.8, 4) is 0 Å². The molecule has 2 aromatic rings. The summed E-state index contributed by atoms with van der Waals surface area (Å²) < 4.78 is 42.1. The molecule has 142 valence electrons. The number of halogens is 4. The Morgan fingerprint density at radius 1 is 1.15 bits per heavy atom. The number of rotatable bonds is 5. The van der Waals surface area contributed by atoms with E-state index in [0.717, 1.165) is 18.2 Å². The molecule has 2 rings (SSSR count). The number of nitrogens with zero attached hydrogens (tertiary/aromatic N) is 1. The van der Waals surface area contributed by atoms with Gasteiger partial charge in [0, 0.05) is 11.8 Å². The van der Waals surface area contributed by atoms with Gasteiger partial charge in [-0.2, -0.15) is 13.2 Å². The molecule has 0 bridgehead atoms. The Morgan fingerprint density at radius 3 is 2.33 bits per heavy atom. The van der Waals surface area contributed by atoms with Gasteiger partial charge in [-0.1, -0.05) is 11.6 Å². The van der Waals surface area contributed by atoms with E-state index in [1.165, 1.54) is 12.1 Å². The van der Waals surface area contributed by atoms with Crippen molar-refractivity contribution >= 4 is 34.9 Å². The van der Waals surface area contributed by atoms with Crippen molar-refractivity contribution in [1.29, 1.82) is 0 Å². The third-order valence-electron chi connectivity index (χ3n) is 3.21. The number of alkyl halides is 3. The molecule has 0 radical (unpaired) electrons. The first-order valence-electron chi connectivity index (χ1n) is 7.16. The first kappa shape index (κ1) is 20.2. The van der Waals surface area contributed by atoms with Gasteiger partial charge in [0.2, 0.25) is 0 Å². The number of benzene rings is 2. The molecule has 0 aromatic heterocycles. The quantitative estimate of drug-likeness (QED) is 0.462. The molecule has 0 aliphatic carbocycles. The second-order valence-electron chi connectivity index (χ2n) is 5.12. The maximum absolute atomic E-state index is 12.5. The van der Waals surface area contributed by atoms with Gasteiger partial charge in [-0.05, 0) is 36.4 Å². The zero-order valence-corrected chi connectivity index (χ0v) is 14.0. The van der Waals surface area contributed by atoms with Crippen LogP contribution in [0.1, 0.15) is 15.9 Å². The number of nitrogens with one attached hydrogen (secondary N) is 1. The highest BCUT2D eigenvalue weighted by molar-refractivity contribution is 6.32. The molecular formula is C16H10ClF3N2O5. The highest BCUT2D eigenvalue weighted by Crippen LogP contribution is 2.29. The largest absolute Gasteiger partial charge is 0.452 e. The first-order valence-corrected chi connectivity index (χ1v) is 7.54. The van der Waals surface area contributed by atoms with Crippen molar-refractivity contribution in [2.75, 3.05) is 11.9 Å². The second kappa shape index (κ2) is 8.04. The molecule has 2 aromatic carbocycles. The molecule has 0 heterocycles. The summed E-state index contributed by atoms with van der Waals surface area (Å²) in [5.41, 5.74) is -1.46. The second-order valence-corrected chi connectivity index (χ2v) is 5.53. The molecule has 1 N–H and O–H groups in total. The number of carbonyl (C=O) groups is 2. The predicted molar refractivity (Wildman–Crippen MR) is 88.5 cm³/mol.